The third-order valence-electron chi connectivity index (χ3n) is 4.02. The first-order valence-corrected chi connectivity index (χ1v) is 9.15. The van der Waals surface area contributed by atoms with Gasteiger partial charge in [0.15, 0.2) is 0 Å². The maximum Gasteiger partial charge on any atom is 0.293 e. The molecule has 1 aromatic rings. The summed E-state index contributed by atoms with van der Waals surface area (Å²) in [5.41, 5.74) is -0.0956. The highest BCUT2D eigenvalue weighted by Crippen LogP contribution is 2.31. The fraction of sp³-hybridized carbons (Fsp3) is 0.500. The number of rotatable bonds is 5. The van der Waals surface area contributed by atoms with Crippen LogP contribution in [0, 0.1) is 34.3 Å². The highest BCUT2D eigenvalue weighted by atomic mass is 32.2. The van der Waals surface area contributed by atoms with E-state index in [-0.39, 0.29) is 34.7 Å². The third-order valence-corrected chi connectivity index (χ3v) is 5.85. The largest absolute Gasteiger partial charge is 0.369 e. The summed E-state index contributed by atoms with van der Waals surface area (Å²) in [7, 11) is -3.76. The van der Waals surface area contributed by atoms with Gasteiger partial charge in [-0.1, -0.05) is 19.8 Å². The van der Waals surface area contributed by atoms with Crippen LogP contribution in [0.25, 0.3) is 0 Å². The summed E-state index contributed by atoms with van der Waals surface area (Å²) >= 11 is 0. The smallest absolute Gasteiger partial charge is 0.293 e. The van der Waals surface area contributed by atoms with E-state index in [1.54, 1.807) is 0 Å². The van der Waals surface area contributed by atoms with E-state index < -0.39 is 14.9 Å². The van der Waals surface area contributed by atoms with Crippen LogP contribution < -0.4 is 5.32 Å². The van der Waals surface area contributed by atoms with Crippen LogP contribution in [-0.2, 0) is 10.0 Å². The van der Waals surface area contributed by atoms with Crippen molar-refractivity contribution in [3.05, 3.63) is 28.3 Å². The van der Waals surface area contributed by atoms with Gasteiger partial charge >= 0.3 is 0 Å². The minimum absolute atomic E-state index is 0.0678. The Morgan fingerprint density at radius 1 is 1.38 bits per heavy atom. The number of nitrogens with zero attached hydrogens (tertiary/aromatic N) is 2. The average Bonchev–Trinajstić information content (AvgIpc) is 2.51. The van der Waals surface area contributed by atoms with Gasteiger partial charge in [-0.2, -0.15) is 4.31 Å². The SMILES string of the molecule is C#CCNc1ccc(S(=O)(=O)N2C[C@@H](C)C[C@H](C)C2)cc1[N+](=O)[O-]. The average molecular weight is 351 g/mol. The minimum atomic E-state index is -3.76. The first-order chi connectivity index (χ1) is 11.3. The molecular weight excluding hydrogens is 330 g/mol. The van der Waals surface area contributed by atoms with E-state index in [4.69, 9.17) is 6.42 Å². The summed E-state index contributed by atoms with van der Waals surface area (Å²) in [6.45, 7) is 4.99. The molecule has 0 radical (unpaired) electrons. The lowest BCUT2D eigenvalue weighted by Crippen LogP contribution is -2.42. The van der Waals surface area contributed by atoms with Crippen molar-refractivity contribution in [3.8, 4) is 12.3 Å². The number of benzene rings is 1. The second kappa shape index (κ2) is 7.20. The van der Waals surface area contributed by atoms with Crippen LogP contribution >= 0.6 is 0 Å². The van der Waals surface area contributed by atoms with Crippen molar-refractivity contribution in [2.75, 3.05) is 25.0 Å². The van der Waals surface area contributed by atoms with E-state index in [0.29, 0.717) is 13.1 Å². The normalized spacial score (nSPS) is 21.9. The Kier molecular flexibility index (Phi) is 5.47. The van der Waals surface area contributed by atoms with Crippen LogP contribution in [0.15, 0.2) is 23.1 Å². The highest BCUT2D eigenvalue weighted by molar-refractivity contribution is 7.89. The maximum absolute atomic E-state index is 12.8. The van der Waals surface area contributed by atoms with Crippen molar-refractivity contribution in [1.29, 1.82) is 0 Å². The summed E-state index contributed by atoms with van der Waals surface area (Å²) in [5.74, 6) is 2.85. The Bertz CT molecular complexity index is 760. The molecule has 2 atom stereocenters. The Morgan fingerprint density at radius 2 is 2.00 bits per heavy atom. The molecule has 0 bridgehead atoms. The van der Waals surface area contributed by atoms with Crippen molar-refractivity contribution in [2.45, 2.75) is 25.2 Å². The van der Waals surface area contributed by atoms with Gasteiger partial charge in [0.05, 0.1) is 16.4 Å². The maximum atomic E-state index is 12.8. The van der Waals surface area contributed by atoms with Gasteiger partial charge in [-0.25, -0.2) is 8.42 Å². The van der Waals surface area contributed by atoms with Crippen molar-refractivity contribution in [1.82, 2.24) is 4.31 Å². The van der Waals surface area contributed by atoms with Crippen molar-refractivity contribution in [2.24, 2.45) is 11.8 Å². The Morgan fingerprint density at radius 3 is 2.54 bits per heavy atom. The predicted octanol–water partition coefficient (Wildman–Crippen LogP) is 2.31. The van der Waals surface area contributed by atoms with Crippen LogP contribution in [0.5, 0.6) is 0 Å². The molecule has 8 heteroatoms. The third kappa shape index (κ3) is 3.86. The molecule has 2 rings (SSSR count). The van der Waals surface area contributed by atoms with Gasteiger partial charge in [0, 0.05) is 19.2 Å². The van der Waals surface area contributed by atoms with E-state index in [2.05, 4.69) is 11.2 Å². The minimum Gasteiger partial charge on any atom is -0.369 e. The second-order valence-corrected chi connectivity index (χ2v) is 8.20. The summed E-state index contributed by atoms with van der Waals surface area (Å²) in [6.07, 6.45) is 6.11. The molecule has 0 saturated carbocycles. The zero-order chi connectivity index (χ0) is 17.9. The second-order valence-electron chi connectivity index (χ2n) is 6.26. The molecule has 1 aromatic carbocycles. The van der Waals surface area contributed by atoms with Gasteiger partial charge in [0.25, 0.3) is 5.69 Å². The van der Waals surface area contributed by atoms with E-state index in [1.807, 2.05) is 13.8 Å². The summed E-state index contributed by atoms with van der Waals surface area (Å²) in [5, 5.41) is 14.0. The molecule has 1 aliphatic rings. The number of piperidine rings is 1. The number of anilines is 1. The molecule has 24 heavy (non-hydrogen) atoms. The van der Waals surface area contributed by atoms with Gasteiger partial charge in [-0.15, -0.1) is 6.42 Å². The quantitative estimate of drug-likeness (QED) is 0.499. The Balaban J connectivity index is 2.38. The number of nitro groups is 1. The van der Waals surface area contributed by atoms with Gasteiger partial charge in [-0.05, 0) is 30.4 Å². The van der Waals surface area contributed by atoms with Crippen molar-refractivity contribution >= 4 is 21.4 Å². The summed E-state index contributed by atoms with van der Waals surface area (Å²) in [4.78, 5) is 10.6. The standard InChI is InChI=1S/C16H21N3O4S/c1-4-7-17-15-6-5-14(9-16(15)19(20)21)24(22,23)18-10-12(2)8-13(3)11-18/h1,5-6,9,12-13,17H,7-8,10-11H2,2-3H3/t12-,13-/m0/s1. The monoisotopic (exact) mass is 351 g/mol. The molecular formula is C16H21N3O4S. The van der Waals surface area contributed by atoms with Gasteiger partial charge in [0.2, 0.25) is 10.0 Å². The lowest BCUT2D eigenvalue weighted by atomic mass is 9.94. The fourth-order valence-corrected chi connectivity index (χ4v) is 4.77. The number of sulfonamides is 1. The Labute approximate surface area is 142 Å². The molecule has 0 aromatic heterocycles. The number of nitro benzene ring substituents is 1. The summed E-state index contributed by atoms with van der Waals surface area (Å²) < 4.78 is 27.1. The van der Waals surface area contributed by atoms with Crippen LogP contribution in [0.1, 0.15) is 20.3 Å². The molecule has 7 nitrogen and oxygen atoms in total. The van der Waals surface area contributed by atoms with Gasteiger partial charge in [0.1, 0.15) is 5.69 Å². The number of hydrogen-bond donors (Lipinski definition) is 1. The van der Waals surface area contributed by atoms with Crippen LogP contribution in [-0.4, -0.2) is 37.3 Å². The van der Waals surface area contributed by atoms with Crippen molar-refractivity contribution in [3.63, 3.8) is 0 Å². The molecule has 130 valence electrons. The molecule has 1 fully saturated rings. The number of terminal acetylenes is 1. The Hall–Kier alpha value is -2.11. The van der Waals surface area contributed by atoms with Crippen LogP contribution in [0.3, 0.4) is 0 Å². The van der Waals surface area contributed by atoms with Crippen molar-refractivity contribution < 1.29 is 13.3 Å². The van der Waals surface area contributed by atoms with E-state index in [1.165, 1.54) is 16.4 Å². The first kappa shape index (κ1) is 18.2. The van der Waals surface area contributed by atoms with Crippen LogP contribution in [0.4, 0.5) is 11.4 Å². The van der Waals surface area contributed by atoms with E-state index >= 15 is 0 Å². The molecule has 0 unspecified atom stereocenters. The lowest BCUT2D eigenvalue weighted by Gasteiger charge is -2.34. The molecule has 0 spiro atoms. The lowest BCUT2D eigenvalue weighted by molar-refractivity contribution is -0.384. The van der Waals surface area contributed by atoms with E-state index in [0.717, 1.165) is 12.5 Å². The number of nitrogens with one attached hydrogen (secondary N) is 1. The van der Waals surface area contributed by atoms with Crippen LogP contribution in [0.2, 0.25) is 0 Å². The summed E-state index contributed by atoms with van der Waals surface area (Å²) in [6, 6.07) is 3.86. The van der Waals surface area contributed by atoms with Gasteiger partial charge < -0.3 is 5.32 Å². The molecule has 0 aliphatic carbocycles. The highest BCUT2D eigenvalue weighted by Gasteiger charge is 2.32. The van der Waals surface area contributed by atoms with E-state index in [9.17, 15) is 18.5 Å². The molecule has 1 heterocycles. The predicted molar refractivity (Wildman–Crippen MR) is 92.1 cm³/mol. The molecule has 1 N–H and O–H groups in total. The fourth-order valence-electron chi connectivity index (χ4n) is 3.07. The number of hydrogen-bond acceptors (Lipinski definition) is 5. The molecule has 1 saturated heterocycles. The molecule has 1 aliphatic heterocycles. The zero-order valence-corrected chi connectivity index (χ0v) is 14.5. The van der Waals surface area contributed by atoms with Gasteiger partial charge in [-0.3, -0.25) is 10.1 Å². The zero-order valence-electron chi connectivity index (χ0n) is 13.7. The molecule has 0 amide bonds. The first-order valence-electron chi connectivity index (χ1n) is 7.71. The topological polar surface area (TPSA) is 92.6 Å².